The Bertz CT molecular complexity index is 611. The van der Waals surface area contributed by atoms with Crippen molar-refractivity contribution in [2.24, 2.45) is 0 Å². The Morgan fingerprint density at radius 2 is 1.86 bits per heavy atom. The molecule has 4 heteroatoms. The predicted octanol–water partition coefficient (Wildman–Crippen LogP) is 4.92. The van der Waals surface area contributed by atoms with Crippen LogP contribution in [0.2, 0.25) is 5.02 Å². The molecule has 1 N–H and O–H groups in total. The van der Waals surface area contributed by atoms with Gasteiger partial charge in [-0.3, -0.25) is 0 Å². The Hall–Kier alpha value is -2.13. The summed E-state index contributed by atoms with van der Waals surface area (Å²) in [6.07, 6.45) is 1.71. The molecule has 0 atom stereocenters. The molecule has 0 saturated carbocycles. The average molecular weight is 318 g/mol. The molecule has 3 nitrogen and oxygen atoms in total. The van der Waals surface area contributed by atoms with E-state index in [1.54, 1.807) is 6.08 Å². The van der Waals surface area contributed by atoms with Gasteiger partial charge in [-0.2, -0.15) is 0 Å². The van der Waals surface area contributed by atoms with E-state index in [-0.39, 0.29) is 0 Å². The molecule has 0 bridgehead atoms. The monoisotopic (exact) mass is 317 g/mol. The summed E-state index contributed by atoms with van der Waals surface area (Å²) in [7, 11) is 0. The van der Waals surface area contributed by atoms with E-state index in [0.717, 1.165) is 27.8 Å². The van der Waals surface area contributed by atoms with Crippen molar-refractivity contribution < 1.29 is 9.47 Å². The Kier molecular flexibility index (Phi) is 6.16. The third kappa shape index (κ3) is 4.71. The molecule has 22 heavy (non-hydrogen) atoms. The number of ether oxygens (including phenoxy) is 2. The van der Waals surface area contributed by atoms with Gasteiger partial charge in [-0.25, -0.2) is 0 Å². The molecule has 2 rings (SSSR count). The number of hydrogen-bond donors (Lipinski definition) is 1. The zero-order valence-corrected chi connectivity index (χ0v) is 13.4. The van der Waals surface area contributed by atoms with Gasteiger partial charge in [-0.15, -0.1) is 0 Å². The molecule has 0 saturated heterocycles. The third-order valence-corrected chi connectivity index (χ3v) is 3.26. The fourth-order valence-corrected chi connectivity index (χ4v) is 2.10. The van der Waals surface area contributed by atoms with E-state index >= 15 is 0 Å². The number of anilines is 1. The molecule has 0 amide bonds. The van der Waals surface area contributed by atoms with E-state index < -0.39 is 0 Å². The summed E-state index contributed by atoms with van der Waals surface area (Å²) in [4.78, 5) is 0. The van der Waals surface area contributed by atoms with Gasteiger partial charge in [0.05, 0.1) is 6.61 Å². The zero-order chi connectivity index (χ0) is 15.8. The summed E-state index contributed by atoms with van der Waals surface area (Å²) in [5.41, 5.74) is 2.14. The first-order chi connectivity index (χ1) is 10.7. The van der Waals surface area contributed by atoms with Crippen molar-refractivity contribution in [3.05, 3.63) is 65.7 Å². The van der Waals surface area contributed by atoms with Crippen LogP contribution in [-0.4, -0.2) is 13.2 Å². The van der Waals surface area contributed by atoms with Crippen molar-refractivity contribution >= 4 is 17.3 Å². The van der Waals surface area contributed by atoms with Crippen LogP contribution in [-0.2, 0) is 6.54 Å². The fraction of sp³-hybridized carbons (Fsp3) is 0.222. The molecule has 0 aliphatic rings. The number of halogens is 1. The normalized spacial score (nSPS) is 10.1. The van der Waals surface area contributed by atoms with Gasteiger partial charge in [0.1, 0.15) is 6.61 Å². The SMILES string of the molecule is C=CCOc1ccc(CNc2ccc(Cl)cc2)cc1OCC. The number of rotatable bonds is 8. The second-order valence-corrected chi connectivity index (χ2v) is 5.11. The smallest absolute Gasteiger partial charge is 0.161 e. The van der Waals surface area contributed by atoms with E-state index in [2.05, 4.69) is 11.9 Å². The van der Waals surface area contributed by atoms with Crippen LogP contribution in [0, 0.1) is 0 Å². The minimum atomic E-state index is 0.461. The van der Waals surface area contributed by atoms with Crippen LogP contribution in [0.4, 0.5) is 5.69 Å². The highest BCUT2D eigenvalue weighted by molar-refractivity contribution is 6.30. The van der Waals surface area contributed by atoms with Crippen LogP contribution in [0.5, 0.6) is 11.5 Å². The Morgan fingerprint density at radius 3 is 2.55 bits per heavy atom. The first-order valence-corrected chi connectivity index (χ1v) is 7.59. The van der Waals surface area contributed by atoms with Crippen molar-refractivity contribution in [3.63, 3.8) is 0 Å². The highest BCUT2D eigenvalue weighted by Crippen LogP contribution is 2.29. The zero-order valence-electron chi connectivity index (χ0n) is 12.6. The lowest BCUT2D eigenvalue weighted by Crippen LogP contribution is -2.02. The van der Waals surface area contributed by atoms with Gasteiger partial charge in [0.15, 0.2) is 11.5 Å². The minimum Gasteiger partial charge on any atom is -0.490 e. The van der Waals surface area contributed by atoms with Crippen molar-refractivity contribution in [1.29, 1.82) is 0 Å². The first-order valence-electron chi connectivity index (χ1n) is 7.21. The van der Waals surface area contributed by atoms with Gasteiger partial charge in [-0.05, 0) is 48.9 Å². The molecule has 116 valence electrons. The first kappa shape index (κ1) is 16.2. The van der Waals surface area contributed by atoms with E-state index in [9.17, 15) is 0 Å². The quantitative estimate of drug-likeness (QED) is 0.701. The fourth-order valence-electron chi connectivity index (χ4n) is 1.97. The molecule has 2 aromatic rings. The second kappa shape index (κ2) is 8.35. The summed E-state index contributed by atoms with van der Waals surface area (Å²) in [6.45, 7) is 7.36. The Morgan fingerprint density at radius 1 is 1.09 bits per heavy atom. The molecule has 0 unspecified atom stereocenters. The molecule has 0 aliphatic carbocycles. The van der Waals surface area contributed by atoms with Crippen LogP contribution in [0.25, 0.3) is 0 Å². The molecular weight excluding hydrogens is 298 g/mol. The maximum atomic E-state index is 5.88. The summed E-state index contributed by atoms with van der Waals surface area (Å²) in [6, 6.07) is 13.6. The van der Waals surface area contributed by atoms with E-state index in [0.29, 0.717) is 19.8 Å². The molecule has 0 radical (unpaired) electrons. The average Bonchev–Trinajstić information content (AvgIpc) is 2.54. The van der Waals surface area contributed by atoms with Crippen LogP contribution in [0.1, 0.15) is 12.5 Å². The van der Waals surface area contributed by atoms with Crippen LogP contribution in [0.15, 0.2) is 55.1 Å². The molecule has 0 aliphatic heterocycles. The third-order valence-electron chi connectivity index (χ3n) is 3.01. The summed E-state index contributed by atoms with van der Waals surface area (Å²) < 4.78 is 11.2. The standard InChI is InChI=1S/C18H20ClNO2/c1-3-11-22-17-10-5-14(12-18(17)21-4-2)13-20-16-8-6-15(19)7-9-16/h3,5-10,12,20H,1,4,11,13H2,2H3. The van der Waals surface area contributed by atoms with Gasteiger partial charge in [-0.1, -0.05) is 30.3 Å². The topological polar surface area (TPSA) is 30.5 Å². The summed E-state index contributed by atoms with van der Waals surface area (Å²) in [5, 5.41) is 4.08. The number of nitrogens with one attached hydrogen (secondary N) is 1. The van der Waals surface area contributed by atoms with Crippen molar-refractivity contribution in [2.75, 3.05) is 18.5 Å². The predicted molar refractivity (Wildman–Crippen MR) is 92.1 cm³/mol. The molecule has 0 aromatic heterocycles. The lowest BCUT2D eigenvalue weighted by molar-refractivity contribution is 0.296. The minimum absolute atomic E-state index is 0.461. The lowest BCUT2D eigenvalue weighted by atomic mass is 10.2. The van der Waals surface area contributed by atoms with Crippen molar-refractivity contribution in [1.82, 2.24) is 0 Å². The van der Waals surface area contributed by atoms with E-state index in [1.807, 2.05) is 49.4 Å². The summed E-state index contributed by atoms with van der Waals surface area (Å²) >= 11 is 5.88. The molecule has 0 heterocycles. The molecule has 0 fully saturated rings. The highest BCUT2D eigenvalue weighted by atomic mass is 35.5. The molecule has 0 spiro atoms. The van der Waals surface area contributed by atoms with Gasteiger partial charge < -0.3 is 14.8 Å². The van der Waals surface area contributed by atoms with E-state index in [4.69, 9.17) is 21.1 Å². The van der Waals surface area contributed by atoms with Gasteiger partial charge in [0.25, 0.3) is 0 Å². The van der Waals surface area contributed by atoms with Crippen LogP contribution >= 0.6 is 11.6 Å². The molecular formula is C18H20ClNO2. The van der Waals surface area contributed by atoms with Crippen LogP contribution < -0.4 is 14.8 Å². The number of benzene rings is 2. The van der Waals surface area contributed by atoms with Crippen molar-refractivity contribution in [2.45, 2.75) is 13.5 Å². The highest BCUT2D eigenvalue weighted by Gasteiger charge is 2.06. The maximum Gasteiger partial charge on any atom is 0.161 e. The van der Waals surface area contributed by atoms with Gasteiger partial charge >= 0.3 is 0 Å². The van der Waals surface area contributed by atoms with Crippen molar-refractivity contribution in [3.8, 4) is 11.5 Å². The Balaban J connectivity index is 2.05. The lowest BCUT2D eigenvalue weighted by Gasteiger charge is -2.13. The maximum absolute atomic E-state index is 5.88. The van der Waals surface area contributed by atoms with E-state index in [1.165, 1.54) is 0 Å². The van der Waals surface area contributed by atoms with Gasteiger partial charge in [0, 0.05) is 17.3 Å². The number of hydrogen-bond acceptors (Lipinski definition) is 3. The molecule has 2 aromatic carbocycles. The summed E-state index contributed by atoms with van der Waals surface area (Å²) in [5.74, 6) is 1.48. The largest absolute Gasteiger partial charge is 0.490 e. The Labute approximate surface area is 136 Å². The second-order valence-electron chi connectivity index (χ2n) is 4.67. The van der Waals surface area contributed by atoms with Crippen LogP contribution in [0.3, 0.4) is 0 Å². The van der Waals surface area contributed by atoms with Gasteiger partial charge in [0.2, 0.25) is 0 Å².